The van der Waals surface area contributed by atoms with Crippen molar-refractivity contribution in [1.29, 1.82) is 0 Å². The minimum atomic E-state index is -1.29. The van der Waals surface area contributed by atoms with Crippen LogP contribution in [0.1, 0.15) is 47.5 Å². The lowest BCUT2D eigenvalue weighted by Crippen LogP contribution is -2.58. The molecule has 5 atom stereocenters. The highest BCUT2D eigenvalue weighted by molar-refractivity contribution is 5.93. The summed E-state index contributed by atoms with van der Waals surface area (Å²) in [6.07, 6.45) is -0.306. The first-order valence-corrected chi connectivity index (χ1v) is 9.44. The molecule has 10 heteroatoms. The summed E-state index contributed by atoms with van der Waals surface area (Å²) in [5, 5.41) is 25.9. The molecule has 162 valence electrons. The predicted molar refractivity (Wildman–Crippen MR) is 103 cm³/mol. The lowest BCUT2D eigenvalue weighted by atomic mass is 9.99. The Hall–Kier alpha value is -2.20. The van der Waals surface area contributed by atoms with Crippen LogP contribution >= 0.6 is 0 Å². The summed E-state index contributed by atoms with van der Waals surface area (Å²) in [4.78, 5) is 47.5. The molecule has 0 aromatic carbocycles. The van der Waals surface area contributed by atoms with Gasteiger partial charge in [-0.25, -0.2) is 4.79 Å². The molecule has 0 saturated heterocycles. The van der Waals surface area contributed by atoms with Crippen LogP contribution in [0.5, 0.6) is 0 Å². The standard InChI is InChI=1S/C18H34N4O6/c1-6-10(4)14(19)16(25)22-15(11(5)23)17(26)20-8-13(24)21-12(18(27)28)7-9(2)3/h9-12,14-15,23H,6-8,19H2,1-5H3,(H,20,26)(H,21,24)(H,22,25)(H,27,28). The number of carbonyl (C=O) groups excluding carboxylic acids is 3. The maximum Gasteiger partial charge on any atom is 0.326 e. The van der Waals surface area contributed by atoms with Crippen LogP contribution in [0.2, 0.25) is 0 Å². The summed E-state index contributed by atoms with van der Waals surface area (Å²) in [6, 6.07) is -3.19. The molecule has 3 amide bonds. The van der Waals surface area contributed by atoms with Crippen molar-refractivity contribution >= 4 is 23.7 Å². The van der Waals surface area contributed by atoms with Gasteiger partial charge in [-0.15, -0.1) is 0 Å². The predicted octanol–water partition coefficient (Wildman–Crippen LogP) is -1.04. The number of aliphatic carboxylic acids is 1. The van der Waals surface area contributed by atoms with Crippen molar-refractivity contribution in [2.75, 3.05) is 6.54 Å². The van der Waals surface area contributed by atoms with Crippen molar-refractivity contribution in [3.63, 3.8) is 0 Å². The Balaban J connectivity index is 4.79. The van der Waals surface area contributed by atoms with Crippen molar-refractivity contribution in [2.45, 2.75) is 71.7 Å². The van der Waals surface area contributed by atoms with Gasteiger partial charge in [0.05, 0.1) is 18.7 Å². The second-order valence-corrected chi connectivity index (χ2v) is 7.44. The van der Waals surface area contributed by atoms with Crippen LogP contribution in [-0.2, 0) is 19.2 Å². The van der Waals surface area contributed by atoms with Gasteiger partial charge in [0.1, 0.15) is 12.1 Å². The molecule has 0 bridgehead atoms. The first-order valence-electron chi connectivity index (χ1n) is 9.44. The molecular formula is C18H34N4O6. The summed E-state index contributed by atoms with van der Waals surface area (Å²) < 4.78 is 0. The Kier molecular flexibility index (Phi) is 11.3. The van der Waals surface area contributed by atoms with Crippen molar-refractivity contribution in [2.24, 2.45) is 17.6 Å². The second kappa shape index (κ2) is 12.3. The molecule has 7 N–H and O–H groups in total. The fraction of sp³-hybridized carbons (Fsp3) is 0.778. The van der Waals surface area contributed by atoms with E-state index in [-0.39, 0.29) is 18.3 Å². The molecule has 0 aliphatic heterocycles. The average molecular weight is 402 g/mol. The lowest BCUT2D eigenvalue weighted by molar-refractivity contribution is -0.142. The third-order valence-electron chi connectivity index (χ3n) is 4.39. The highest BCUT2D eigenvalue weighted by atomic mass is 16.4. The zero-order chi connectivity index (χ0) is 22.0. The summed E-state index contributed by atoms with van der Waals surface area (Å²) >= 11 is 0. The number of amides is 3. The van der Waals surface area contributed by atoms with E-state index < -0.39 is 54.5 Å². The smallest absolute Gasteiger partial charge is 0.326 e. The van der Waals surface area contributed by atoms with Crippen LogP contribution < -0.4 is 21.7 Å². The first kappa shape index (κ1) is 25.8. The quantitative estimate of drug-likeness (QED) is 0.242. The fourth-order valence-corrected chi connectivity index (χ4v) is 2.38. The van der Waals surface area contributed by atoms with Crippen LogP contribution in [-0.4, -0.2) is 64.7 Å². The van der Waals surface area contributed by atoms with Gasteiger partial charge in [0.2, 0.25) is 17.7 Å². The minimum Gasteiger partial charge on any atom is -0.480 e. The van der Waals surface area contributed by atoms with Gasteiger partial charge >= 0.3 is 5.97 Å². The van der Waals surface area contributed by atoms with Crippen LogP contribution in [0.4, 0.5) is 0 Å². The van der Waals surface area contributed by atoms with E-state index in [0.29, 0.717) is 6.42 Å². The van der Waals surface area contributed by atoms with Crippen LogP contribution in [0, 0.1) is 11.8 Å². The Labute approximate surface area is 165 Å². The molecule has 0 rings (SSSR count). The topological polar surface area (TPSA) is 171 Å². The molecule has 0 aliphatic carbocycles. The van der Waals surface area contributed by atoms with E-state index in [0.717, 1.165) is 0 Å². The van der Waals surface area contributed by atoms with Gasteiger partial charge in [-0.3, -0.25) is 14.4 Å². The maximum atomic E-state index is 12.3. The maximum absolute atomic E-state index is 12.3. The molecule has 5 unspecified atom stereocenters. The van der Waals surface area contributed by atoms with Crippen molar-refractivity contribution < 1.29 is 29.4 Å². The van der Waals surface area contributed by atoms with Gasteiger partial charge in [0.15, 0.2) is 0 Å². The number of rotatable bonds is 12. The van der Waals surface area contributed by atoms with Crippen LogP contribution in [0.25, 0.3) is 0 Å². The fourth-order valence-electron chi connectivity index (χ4n) is 2.38. The van der Waals surface area contributed by atoms with Gasteiger partial charge in [-0.1, -0.05) is 34.1 Å². The van der Waals surface area contributed by atoms with Crippen molar-refractivity contribution in [3.8, 4) is 0 Å². The van der Waals surface area contributed by atoms with E-state index in [2.05, 4.69) is 16.0 Å². The summed E-state index contributed by atoms with van der Waals surface area (Å²) in [6.45, 7) is 8.15. The number of carboxylic acids is 1. The molecular weight excluding hydrogens is 368 g/mol. The third kappa shape index (κ3) is 9.14. The van der Waals surface area contributed by atoms with Crippen molar-refractivity contribution in [3.05, 3.63) is 0 Å². The Bertz CT molecular complexity index is 552. The lowest BCUT2D eigenvalue weighted by Gasteiger charge is -2.24. The molecule has 0 aliphatic rings. The summed E-state index contributed by atoms with van der Waals surface area (Å²) in [7, 11) is 0. The van der Waals surface area contributed by atoms with Gasteiger partial charge in [0, 0.05) is 0 Å². The normalized spacial score (nSPS) is 16.4. The number of hydrogen-bond acceptors (Lipinski definition) is 6. The van der Waals surface area contributed by atoms with Crippen LogP contribution in [0.15, 0.2) is 0 Å². The van der Waals surface area contributed by atoms with Gasteiger partial charge in [-0.05, 0) is 25.2 Å². The summed E-state index contributed by atoms with van der Waals surface area (Å²) in [5.41, 5.74) is 5.82. The van der Waals surface area contributed by atoms with E-state index in [9.17, 15) is 24.3 Å². The number of nitrogens with two attached hydrogens (primary N) is 1. The molecule has 0 spiro atoms. The third-order valence-corrected chi connectivity index (χ3v) is 4.39. The molecule has 0 fully saturated rings. The number of aliphatic hydroxyl groups is 1. The SMILES string of the molecule is CCC(C)C(N)C(=O)NC(C(=O)NCC(=O)NC(CC(C)C)C(=O)O)C(C)O. The molecule has 0 aromatic heterocycles. The first-order chi connectivity index (χ1) is 12.9. The Morgan fingerprint density at radius 2 is 1.57 bits per heavy atom. The summed E-state index contributed by atoms with van der Waals surface area (Å²) in [5.74, 6) is -3.26. The molecule has 28 heavy (non-hydrogen) atoms. The Morgan fingerprint density at radius 3 is 2.00 bits per heavy atom. The zero-order valence-corrected chi connectivity index (χ0v) is 17.2. The number of carbonyl (C=O) groups is 4. The van der Waals surface area contributed by atoms with Gasteiger partial charge in [0.25, 0.3) is 0 Å². The number of hydrogen-bond donors (Lipinski definition) is 6. The van der Waals surface area contributed by atoms with E-state index >= 15 is 0 Å². The van der Waals surface area contributed by atoms with E-state index in [1.54, 1.807) is 6.92 Å². The monoisotopic (exact) mass is 402 g/mol. The molecule has 0 aromatic rings. The van der Waals surface area contributed by atoms with Crippen molar-refractivity contribution in [1.82, 2.24) is 16.0 Å². The largest absolute Gasteiger partial charge is 0.480 e. The van der Waals surface area contributed by atoms with E-state index in [1.165, 1.54) is 6.92 Å². The minimum absolute atomic E-state index is 0.0561. The van der Waals surface area contributed by atoms with Gasteiger partial charge < -0.3 is 31.9 Å². The number of aliphatic hydroxyl groups excluding tert-OH is 1. The molecule has 0 radical (unpaired) electrons. The number of carboxylic acid groups (broad SMARTS) is 1. The highest BCUT2D eigenvalue weighted by Crippen LogP contribution is 2.06. The van der Waals surface area contributed by atoms with E-state index in [4.69, 9.17) is 10.8 Å². The van der Waals surface area contributed by atoms with Gasteiger partial charge in [-0.2, -0.15) is 0 Å². The molecule has 0 heterocycles. The highest BCUT2D eigenvalue weighted by Gasteiger charge is 2.29. The molecule has 0 saturated carbocycles. The zero-order valence-electron chi connectivity index (χ0n) is 17.2. The second-order valence-electron chi connectivity index (χ2n) is 7.44. The van der Waals surface area contributed by atoms with E-state index in [1.807, 2.05) is 20.8 Å². The average Bonchev–Trinajstić information content (AvgIpc) is 2.61. The Morgan fingerprint density at radius 1 is 1.00 bits per heavy atom. The number of nitrogens with one attached hydrogen (secondary N) is 3. The molecule has 10 nitrogen and oxygen atoms in total. The van der Waals surface area contributed by atoms with Crippen LogP contribution in [0.3, 0.4) is 0 Å².